The Balaban J connectivity index is 1.73. The Labute approximate surface area is 155 Å². The van der Waals surface area contributed by atoms with E-state index in [9.17, 15) is 4.39 Å². The van der Waals surface area contributed by atoms with Crippen molar-refractivity contribution >= 4 is 22.3 Å². The highest BCUT2D eigenvalue weighted by molar-refractivity contribution is 5.96. The summed E-state index contributed by atoms with van der Waals surface area (Å²) in [6.07, 6.45) is 3.74. The maximum absolute atomic E-state index is 14.5. The molecule has 0 spiro atoms. The fraction of sp³-hybridized carbons (Fsp3) is 0.200. The minimum Gasteiger partial charge on any atom is -0.396 e. The van der Waals surface area contributed by atoms with Gasteiger partial charge in [0.15, 0.2) is 5.65 Å². The first-order valence-electron chi connectivity index (χ1n) is 8.69. The van der Waals surface area contributed by atoms with Crippen LogP contribution in [0.4, 0.5) is 4.39 Å². The van der Waals surface area contributed by atoms with Gasteiger partial charge in [0.1, 0.15) is 23.8 Å². The second-order valence-corrected chi connectivity index (χ2v) is 6.15. The normalized spacial score (nSPS) is 12.0. The molecular formula is C20H18FN5O. The van der Waals surface area contributed by atoms with Crippen molar-refractivity contribution in [2.24, 2.45) is 5.16 Å². The van der Waals surface area contributed by atoms with Crippen LogP contribution in [0.15, 0.2) is 53.9 Å². The van der Waals surface area contributed by atoms with Crippen molar-refractivity contribution in [3.05, 3.63) is 71.6 Å². The molecule has 0 radical (unpaired) electrons. The van der Waals surface area contributed by atoms with Crippen LogP contribution in [0.2, 0.25) is 0 Å². The molecule has 0 saturated carbocycles. The van der Waals surface area contributed by atoms with Gasteiger partial charge in [-0.2, -0.15) is 5.10 Å². The molecule has 0 amide bonds. The van der Waals surface area contributed by atoms with E-state index in [1.54, 1.807) is 16.9 Å². The van der Waals surface area contributed by atoms with Gasteiger partial charge in [0, 0.05) is 24.1 Å². The van der Waals surface area contributed by atoms with Crippen LogP contribution in [0.5, 0.6) is 0 Å². The summed E-state index contributed by atoms with van der Waals surface area (Å²) in [6, 6.07) is 10.7. The van der Waals surface area contributed by atoms with E-state index in [0.717, 1.165) is 11.1 Å². The first-order chi connectivity index (χ1) is 13.2. The molecule has 0 N–H and O–H groups in total. The number of benzene rings is 1. The molecule has 3 aromatic heterocycles. The van der Waals surface area contributed by atoms with Crippen LogP contribution in [-0.4, -0.2) is 31.9 Å². The average molecular weight is 363 g/mol. The predicted molar refractivity (Wildman–Crippen MR) is 101 cm³/mol. The van der Waals surface area contributed by atoms with E-state index in [-0.39, 0.29) is 5.82 Å². The molecule has 1 aromatic carbocycles. The summed E-state index contributed by atoms with van der Waals surface area (Å²) >= 11 is 0. The molecule has 0 saturated heterocycles. The molecule has 0 unspecified atom stereocenters. The molecular weight excluding hydrogens is 345 g/mol. The lowest BCUT2D eigenvalue weighted by molar-refractivity contribution is 0.159. The number of nitrogens with zero attached hydrogens (tertiary/aromatic N) is 5. The molecule has 0 aliphatic carbocycles. The van der Waals surface area contributed by atoms with Gasteiger partial charge in [0.2, 0.25) is 0 Å². The Hall–Kier alpha value is -3.35. The van der Waals surface area contributed by atoms with Crippen molar-refractivity contribution in [1.29, 1.82) is 0 Å². The number of halogens is 1. The molecule has 0 atom stereocenters. The summed E-state index contributed by atoms with van der Waals surface area (Å²) in [5.74, 6) is -0.290. The van der Waals surface area contributed by atoms with E-state index in [1.165, 1.54) is 6.07 Å². The Bertz CT molecular complexity index is 1150. The minimum absolute atomic E-state index is 0.290. The van der Waals surface area contributed by atoms with Crippen LogP contribution in [0.25, 0.3) is 16.6 Å². The molecule has 4 aromatic rings. The van der Waals surface area contributed by atoms with E-state index in [2.05, 4.69) is 20.2 Å². The molecule has 4 rings (SSSR count). The van der Waals surface area contributed by atoms with Crippen molar-refractivity contribution < 1.29 is 9.23 Å². The minimum atomic E-state index is -0.290. The smallest absolute Gasteiger partial charge is 0.153 e. The second-order valence-electron chi connectivity index (χ2n) is 6.15. The molecule has 0 aliphatic rings. The topological polar surface area (TPSA) is 64.7 Å². The Kier molecular flexibility index (Phi) is 4.50. The lowest BCUT2D eigenvalue weighted by atomic mass is 10.1. The summed E-state index contributed by atoms with van der Waals surface area (Å²) in [4.78, 5) is 13.6. The molecule has 27 heavy (non-hydrogen) atoms. The molecule has 0 aliphatic heterocycles. The highest BCUT2D eigenvalue weighted by Gasteiger charge is 2.12. The Morgan fingerprint density at radius 3 is 2.96 bits per heavy atom. The number of hydrogen-bond donors (Lipinski definition) is 0. The fourth-order valence-electron chi connectivity index (χ4n) is 2.91. The van der Waals surface area contributed by atoms with Gasteiger partial charge in [-0.1, -0.05) is 11.2 Å². The van der Waals surface area contributed by atoms with Crippen LogP contribution in [-0.2, 0) is 11.3 Å². The lowest BCUT2D eigenvalue weighted by Crippen LogP contribution is -2.07. The molecule has 6 nitrogen and oxygen atoms in total. The Morgan fingerprint density at radius 1 is 1.22 bits per heavy atom. The number of imidazole rings is 1. The van der Waals surface area contributed by atoms with Crippen LogP contribution < -0.4 is 0 Å². The van der Waals surface area contributed by atoms with Crippen molar-refractivity contribution in [2.75, 3.05) is 6.61 Å². The van der Waals surface area contributed by atoms with Crippen LogP contribution in [0.1, 0.15) is 30.8 Å². The number of rotatable bonds is 5. The zero-order chi connectivity index (χ0) is 18.8. The van der Waals surface area contributed by atoms with Crippen molar-refractivity contribution in [3.63, 3.8) is 0 Å². The van der Waals surface area contributed by atoms with Gasteiger partial charge in [-0.25, -0.2) is 13.9 Å². The third kappa shape index (κ3) is 3.36. The van der Waals surface area contributed by atoms with E-state index < -0.39 is 0 Å². The summed E-state index contributed by atoms with van der Waals surface area (Å²) in [5.41, 5.74) is 4.04. The standard InChI is InChI=1S/C20H18FN5O/c1-3-27-25-13(2)18-6-7-20-23-12-16(26(20)24-18)10-15-9-14-5-4-8-22-19(14)11-17(15)21/h4-9,11-12H,3,10H2,1-2H3/b25-13+. The summed E-state index contributed by atoms with van der Waals surface area (Å²) < 4.78 is 16.2. The molecule has 0 fully saturated rings. The highest BCUT2D eigenvalue weighted by atomic mass is 19.1. The van der Waals surface area contributed by atoms with E-state index in [4.69, 9.17) is 4.84 Å². The zero-order valence-electron chi connectivity index (χ0n) is 15.1. The Morgan fingerprint density at radius 2 is 2.11 bits per heavy atom. The van der Waals surface area contributed by atoms with Gasteiger partial charge in [-0.3, -0.25) is 4.98 Å². The molecule has 3 heterocycles. The van der Waals surface area contributed by atoms with Gasteiger partial charge < -0.3 is 4.84 Å². The maximum Gasteiger partial charge on any atom is 0.153 e. The molecule has 0 bridgehead atoms. The zero-order valence-corrected chi connectivity index (χ0v) is 15.1. The first-order valence-corrected chi connectivity index (χ1v) is 8.69. The monoisotopic (exact) mass is 363 g/mol. The lowest BCUT2D eigenvalue weighted by Gasteiger charge is -2.06. The number of pyridine rings is 1. The number of fused-ring (bicyclic) bond motifs is 2. The van der Waals surface area contributed by atoms with Gasteiger partial charge in [0.05, 0.1) is 17.4 Å². The first kappa shape index (κ1) is 17.1. The van der Waals surface area contributed by atoms with E-state index in [0.29, 0.717) is 41.2 Å². The summed E-state index contributed by atoms with van der Waals surface area (Å²) in [6.45, 7) is 4.19. The van der Waals surface area contributed by atoms with E-state index >= 15 is 0 Å². The quantitative estimate of drug-likeness (QED) is 0.400. The molecule has 7 heteroatoms. The highest BCUT2D eigenvalue weighted by Crippen LogP contribution is 2.20. The molecule has 136 valence electrons. The van der Waals surface area contributed by atoms with E-state index in [1.807, 2.05) is 44.2 Å². The van der Waals surface area contributed by atoms with Gasteiger partial charge in [0.25, 0.3) is 0 Å². The third-order valence-electron chi connectivity index (χ3n) is 4.28. The largest absolute Gasteiger partial charge is 0.396 e. The third-order valence-corrected chi connectivity index (χ3v) is 4.28. The fourth-order valence-corrected chi connectivity index (χ4v) is 2.91. The number of oxime groups is 1. The number of aromatic nitrogens is 4. The van der Waals surface area contributed by atoms with Crippen LogP contribution >= 0.6 is 0 Å². The summed E-state index contributed by atoms with van der Waals surface area (Å²) in [7, 11) is 0. The second kappa shape index (κ2) is 7.11. The van der Waals surface area contributed by atoms with Gasteiger partial charge in [-0.05, 0) is 43.7 Å². The van der Waals surface area contributed by atoms with Crippen LogP contribution in [0, 0.1) is 5.82 Å². The average Bonchev–Trinajstić information content (AvgIpc) is 3.08. The predicted octanol–water partition coefficient (Wildman–Crippen LogP) is 3.77. The SMILES string of the molecule is CCO/N=C(\C)c1ccc2ncc(Cc3cc4cccnc4cc3F)n2n1. The number of hydrogen-bond acceptors (Lipinski definition) is 5. The van der Waals surface area contributed by atoms with Gasteiger partial charge >= 0.3 is 0 Å². The maximum atomic E-state index is 14.5. The van der Waals surface area contributed by atoms with Crippen molar-refractivity contribution in [1.82, 2.24) is 19.6 Å². The van der Waals surface area contributed by atoms with Crippen molar-refractivity contribution in [3.8, 4) is 0 Å². The van der Waals surface area contributed by atoms with Crippen LogP contribution in [0.3, 0.4) is 0 Å². The van der Waals surface area contributed by atoms with Crippen molar-refractivity contribution in [2.45, 2.75) is 20.3 Å². The summed E-state index contributed by atoms with van der Waals surface area (Å²) in [5, 5.41) is 9.50. The van der Waals surface area contributed by atoms with Gasteiger partial charge in [-0.15, -0.1) is 0 Å².